The monoisotopic (exact) mass is 593 g/mol. The van der Waals surface area contributed by atoms with Crippen LogP contribution in [0.15, 0.2) is 114 Å². The van der Waals surface area contributed by atoms with Crippen LogP contribution in [0.25, 0.3) is 10.8 Å². The van der Waals surface area contributed by atoms with E-state index >= 15 is 0 Å². The Morgan fingerprint density at radius 1 is 0.925 bits per heavy atom. The van der Waals surface area contributed by atoms with Gasteiger partial charge in [-0.2, -0.15) is 0 Å². The van der Waals surface area contributed by atoms with E-state index in [0.29, 0.717) is 34.7 Å². The largest absolute Gasteiger partial charge is 0.507 e. The molecule has 7 nitrogen and oxygen atoms in total. The molecule has 0 aliphatic carbocycles. The minimum Gasteiger partial charge on any atom is -0.507 e. The van der Waals surface area contributed by atoms with Crippen molar-refractivity contribution in [2.24, 2.45) is 0 Å². The van der Waals surface area contributed by atoms with Gasteiger partial charge in [0, 0.05) is 21.3 Å². The van der Waals surface area contributed by atoms with Crippen LogP contribution in [-0.2, 0) is 6.61 Å². The number of nitrogens with zero attached hydrogens (tertiary/aromatic N) is 1. The van der Waals surface area contributed by atoms with E-state index in [1.807, 2.05) is 66.7 Å². The van der Waals surface area contributed by atoms with Crippen molar-refractivity contribution in [3.63, 3.8) is 0 Å². The maximum Gasteiger partial charge on any atom is 0.276 e. The van der Waals surface area contributed by atoms with Crippen molar-refractivity contribution >= 4 is 44.2 Å². The minimum absolute atomic E-state index is 0.00345. The molecule has 0 spiro atoms. The number of carbonyl (C=O) groups is 2. The van der Waals surface area contributed by atoms with Gasteiger partial charge in [-0.15, -0.1) is 0 Å². The third-order valence-electron chi connectivity index (χ3n) is 6.79. The van der Waals surface area contributed by atoms with Crippen molar-refractivity contribution in [2.75, 3.05) is 5.32 Å². The molecule has 40 heavy (non-hydrogen) atoms. The molecule has 6 rings (SSSR count). The number of fused-ring (bicyclic) bond motifs is 2. The molecule has 1 unspecified atom stereocenters. The van der Waals surface area contributed by atoms with Crippen LogP contribution < -0.4 is 15.5 Å². The van der Waals surface area contributed by atoms with Crippen LogP contribution in [0.4, 0.5) is 5.69 Å². The summed E-state index contributed by atoms with van der Waals surface area (Å²) in [6.45, 7) is 0.408. The Morgan fingerprint density at radius 2 is 1.68 bits per heavy atom. The van der Waals surface area contributed by atoms with Gasteiger partial charge in [0.25, 0.3) is 11.8 Å². The summed E-state index contributed by atoms with van der Waals surface area (Å²) in [6.07, 6.45) is -0.871. The highest BCUT2D eigenvalue weighted by atomic mass is 79.9. The summed E-state index contributed by atoms with van der Waals surface area (Å²) < 4.78 is 6.56. The second kappa shape index (κ2) is 10.7. The van der Waals surface area contributed by atoms with Gasteiger partial charge in [-0.1, -0.05) is 76.6 Å². The second-order valence-electron chi connectivity index (χ2n) is 9.37. The highest BCUT2D eigenvalue weighted by Gasteiger charge is 2.37. The summed E-state index contributed by atoms with van der Waals surface area (Å²) in [4.78, 5) is 27.2. The van der Waals surface area contributed by atoms with Gasteiger partial charge < -0.3 is 15.2 Å². The van der Waals surface area contributed by atoms with E-state index in [9.17, 15) is 14.7 Å². The topological polar surface area (TPSA) is 90.9 Å². The van der Waals surface area contributed by atoms with Crippen LogP contribution in [0.1, 0.15) is 38.0 Å². The minimum atomic E-state index is -0.871. The van der Waals surface area contributed by atoms with Gasteiger partial charge >= 0.3 is 0 Å². The van der Waals surface area contributed by atoms with E-state index in [1.54, 1.807) is 42.5 Å². The molecule has 0 saturated carbocycles. The van der Waals surface area contributed by atoms with Crippen molar-refractivity contribution < 1.29 is 19.4 Å². The molecule has 3 N–H and O–H groups in total. The fraction of sp³-hybridized carbons (Fsp3) is 0.0625. The van der Waals surface area contributed by atoms with Crippen molar-refractivity contribution in [1.29, 1.82) is 0 Å². The lowest BCUT2D eigenvalue weighted by Crippen LogP contribution is -2.53. The van der Waals surface area contributed by atoms with Crippen molar-refractivity contribution in [1.82, 2.24) is 10.4 Å². The van der Waals surface area contributed by atoms with Gasteiger partial charge in [-0.05, 0) is 64.9 Å². The highest BCUT2D eigenvalue weighted by molar-refractivity contribution is 9.10. The van der Waals surface area contributed by atoms with Crippen molar-refractivity contribution in [3.05, 3.63) is 136 Å². The molecule has 0 fully saturated rings. The van der Waals surface area contributed by atoms with Gasteiger partial charge in [0.2, 0.25) is 0 Å². The first-order valence-electron chi connectivity index (χ1n) is 12.7. The summed E-state index contributed by atoms with van der Waals surface area (Å²) >= 11 is 3.43. The predicted molar refractivity (Wildman–Crippen MR) is 157 cm³/mol. The summed E-state index contributed by atoms with van der Waals surface area (Å²) in [7, 11) is 0. The maximum atomic E-state index is 13.8. The number of benzene rings is 5. The molecule has 0 aromatic heterocycles. The number of rotatable bonds is 6. The molecule has 8 heteroatoms. The molecule has 1 heterocycles. The van der Waals surface area contributed by atoms with Crippen molar-refractivity contribution in [2.45, 2.75) is 12.8 Å². The Labute approximate surface area is 239 Å². The smallest absolute Gasteiger partial charge is 0.276 e. The number of nitrogens with one attached hydrogen (secondary N) is 2. The summed E-state index contributed by atoms with van der Waals surface area (Å²) in [6, 6.07) is 32.8. The number of hydrazine groups is 1. The van der Waals surface area contributed by atoms with E-state index in [2.05, 4.69) is 26.7 Å². The van der Waals surface area contributed by atoms with Gasteiger partial charge in [0.1, 0.15) is 18.1 Å². The molecule has 1 atom stereocenters. The number of halogens is 1. The average molecular weight is 594 g/mol. The fourth-order valence-electron chi connectivity index (χ4n) is 4.78. The number of hydrogen-bond acceptors (Lipinski definition) is 5. The molecular weight excluding hydrogens is 570 g/mol. The first-order valence-corrected chi connectivity index (χ1v) is 13.5. The van der Waals surface area contributed by atoms with Gasteiger partial charge in [0.15, 0.2) is 6.17 Å². The fourth-order valence-corrected chi connectivity index (χ4v) is 5.14. The van der Waals surface area contributed by atoms with E-state index in [4.69, 9.17) is 4.74 Å². The number of phenolic OH excluding ortho intramolecular Hbond substituents is 1. The number of ether oxygens (including phenoxy) is 1. The van der Waals surface area contributed by atoms with Gasteiger partial charge in [-0.25, -0.2) is 5.01 Å². The van der Waals surface area contributed by atoms with E-state index in [-0.39, 0.29) is 5.75 Å². The third-order valence-corrected chi connectivity index (χ3v) is 7.28. The molecule has 5 aromatic carbocycles. The number of aromatic hydroxyl groups is 1. The molecule has 5 aromatic rings. The number of hydrogen-bond donors (Lipinski definition) is 3. The van der Waals surface area contributed by atoms with Crippen LogP contribution in [0, 0.1) is 0 Å². The lowest BCUT2D eigenvalue weighted by atomic mass is 9.98. The first-order chi connectivity index (χ1) is 19.5. The average Bonchev–Trinajstić information content (AvgIpc) is 2.98. The molecule has 198 valence electrons. The van der Waals surface area contributed by atoms with Crippen LogP contribution in [0.2, 0.25) is 0 Å². The Morgan fingerprint density at radius 3 is 2.48 bits per heavy atom. The molecule has 0 saturated heterocycles. The molecule has 1 aliphatic heterocycles. The van der Waals surface area contributed by atoms with Gasteiger partial charge in [0.05, 0.1) is 5.56 Å². The van der Waals surface area contributed by atoms with Crippen molar-refractivity contribution in [3.8, 4) is 11.5 Å². The number of carbonyl (C=O) groups excluding carboxylic acids is 2. The Kier molecular flexibility index (Phi) is 6.84. The van der Waals surface area contributed by atoms with Crippen LogP contribution in [0.3, 0.4) is 0 Å². The SMILES string of the molecule is O=C(NN1C(=O)c2cc(Br)ccc2NC1c1c(O)ccc2ccccc12)c1ccc(OCc2ccccc2)cc1. The van der Waals surface area contributed by atoms with Crippen LogP contribution in [0.5, 0.6) is 11.5 Å². The normalized spacial score (nSPS) is 14.4. The van der Waals surface area contributed by atoms with E-state index < -0.39 is 18.0 Å². The lowest BCUT2D eigenvalue weighted by molar-refractivity contribution is 0.0490. The zero-order chi connectivity index (χ0) is 27.6. The molecule has 0 radical (unpaired) electrons. The Bertz CT molecular complexity index is 1720. The van der Waals surface area contributed by atoms with E-state index in [0.717, 1.165) is 20.8 Å². The molecule has 1 aliphatic rings. The summed E-state index contributed by atoms with van der Waals surface area (Å²) in [5, 5.41) is 17.2. The standard InChI is InChI=1S/C32H24BrN3O4/c33-23-13-16-27-26(18-23)32(39)36(30(34-27)29-25-9-5-4-8-21(25)12-17-28(29)37)35-31(38)22-10-14-24(15-11-22)40-19-20-6-2-1-3-7-20/h1-18,30,34,37H,19H2,(H,35,38). The lowest BCUT2D eigenvalue weighted by Gasteiger charge is -2.38. The molecule has 0 bridgehead atoms. The zero-order valence-electron chi connectivity index (χ0n) is 21.2. The van der Waals surface area contributed by atoms with Gasteiger partial charge in [-0.3, -0.25) is 15.0 Å². The predicted octanol–water partition coefficient (Wildman–Crippen LogP) is 6.80. The maximum absolute atomic E-state index is 13.8. The van der Waals surface area contributed by atoms with Crippen LogP contribution >= 0.6 is 15.9 Å². The molecule has 2 amide bonds. The second-order valence-corrected chi connectivity index (χ2v) is 10.3. The van der Waals surface area contributed by atoms with E-state index in [1.165, 1.54) is 5.01 Å². The number of phenols is 1. The first kappa shape index (κ1) is 25.5. The Balaban J connectivity index is 1.31. The summed E-state index contributed by atoms with van der Waals surface area (Å²) in [5.74, 6) is -0.270. The molecular formula is C32H24BrN3O4. The number of amides is 2. The van der Waals surface area contributed by atoms with Crippen LogP contribution in [-0.4, -0.2) is 21.9 Å². The number of anilines is 1. The highest BCUT2D eigenvalue weighted by Crippen LogP contribution is 2.40. The summed E-state index contributed by atoms with van der Waals surface area (Å²) in [5.41, 5.74) is 5.62. The third kappa shape index (κ3) is 4.97. The zero-order valence-corrected chi connectivity index (χ0v) is 22.8. The Hall–Kier alpha value is -4.82. The quantitative estimate of drug-likeness (QED) is 0.201.